The number of nitrogens with one attached hydrogen (secondary N) is 1. The first-order valence-corrected chi connectivity index (χ1v) is 7.96. The van der Waals surface area contributed by atoms with E-state index in [1.54, 1.807) is 0 Å². The molecule has 23 heavy (non-hydrogen) atoms. The fourth-order valence-electron chi connectivity index (χ4n) is 3.04. The van der Waals surface area contributed by atoms with Crippen LogP contribution in [0.4, 0.5) is 11.4 Å². The van der Waals surface area contributed by atoms with E-state index in [-0.39, 0.29) is 0 Å². The Morgan fingerprint density at radius 2 is 1.96 bits per heavy atom. The van der Waals surface area contributed by atoms with Crippen LogP contribution < -0.4 is 16.0 Å². The Morgan fingerprint density at radius 3 is 2.78 bits per heavy atom. The number of benzene rings is 2. The Bertz CT molecular complexity index is 812. The molecule has 0 saturated carbocycles. The number of rotatable bonds is 3. The lowest BCUT2D eigenvalue weighted by Crippen LogP contribution is -2.31. The summed E-state index contributed by atoms with van der Waals surface area (Å²) in [5.41, 5.74) is 10.2. The van der Waals surface area contributed by atoms with Gasteiger partial charge in [0.1, 0.15) is 5.82 Å². The van der Waals surface area contributed by atoms with Gasteiger partial charge in [-0.25, -0.2) is 0 Å². The lowest BCUT2D eigenvalue weighted by Gasteiger charge is -2.31. The molecule has 2 aliphatic rings. The minimum Gasteiger partial charge on any atom is -0.357 e. The highest BCUT2D eigenvalue weighted by atomic mass is 35.5. The average Bonchev–Trinajstić information content (AvgIpc) is 2.94. The number of anilines is 2. The van der Waals surface area contributed by atoms with Crippen LogP contribution in [-0.2, 0) is 0 Å². The van der Waals surface area contributed by atoms with Gasteiger partial charge in [-0.05, 0) is 24.3 Å². The molecule has 116 valence electrons. The van der Waals surface area contributed by atoms with Crippen molar-refractivity contribution in [3.63, 3.8) is 0 Å². The van der Waals surface area contributed by atoms with Gasteiger partial charge in [-0.15, -0.1) is 0 Å². The summed E-state index contributed by atoms with van der Waals surface area (Å²) in [6.45, 7) is 1.31. The second kappa shape index (κ2) is 5.65. The van der Waals surface area contributed by atoms with E-state index in [0.29, 0.717) is 6.54 Å². The molecule has 0 bridgehead atoms. The van der Waals surface area contributed by atoms with Gasteiger partial charge in [0.05, 0.1) is 17.1 Å². The third kappa shape index (κ3) is 2.36. The lowest BCUT2D eigenvalue weighted by atomic mass is 10.1. The summed E-state index contributed by atoms with van der Waals surface area (Å²) in [6, 6.07) is 16.2. The second-order valence-electron chi connectivity index (χ2n) is 5.50. The van der Waals surface area contributed by atoms with E-state index < -0.39 is 0 Å². The molecule has 0 aliphatic carbocycles. The molecule has 0 fully saturated rings. The molecule has 5 heteroatoms. The topological polar surface area (TPSA) is 44.5 Å². The smallest absolute Gasteiger partial charge is 0.134 e. The van der Waals surface area contributed by atoms with E-state index >= 15 is 0 Å². The predicted octanol–water partition coefficient (Wildman–Crippen LogP) is 3.64. The average molecular weight is 325 g/mol. The van der Waals surface area contributed by atoms with Crippen LogP contribution in [0.15, 0.2) is 66.8 Å². The molecule has 0 unspecified atom stereocenters. The van der Waals surface area contributed by atoms with E-state index in [1.807, 2.05) is 36.5 Å². The number of para-hydroxylation sites is 2. The first-order chi connectivity index (χ1) is 11.3. The fourth-order valence-corrected chi connectivity index (χ4v) is 3.23. The van der Waals surface area contributed by atoms with Crippen molar-refractivity contribution in [1.29, 1.82) is 0 Å². The first-order valence-electron chi connectivity index (χ1n) is 7.58. The summed E-state index contributed by atoms with van der Waals surface area (Å²) < 4.78 is 0. The van der Waals surface area contributed by atoms with Gasteiger partial charge in [0.2, 0.25) is 0 Å². The van der Waals surface area contributed by atoms with Gasteiger partial charge in [0, 0.05) is 36.1 Å². The van der Waals surface area contributed by atoms with Gasteiger partial charge in [-0.1, -0.05) is 35.9 Å². The number of nitrogens with zero attached hydrogens (tertiary/aromatic N) is 2. The molecular weight excluding hydrogens is 308 g/mol. The van der Waals surface area contributed by atoms with Gasteiger partial charge >= 0.3 is 0 Å². The summed E-state index contributed by atoms with van der Waals surface area (Å²) in [7, 11) is 0. The van der Waals surface area contributed by atoms with Crippen molar-refractivity contribution in [1.82, 2.24) is 4.90 Å². The zero-order valence-corrected chi connectivity index (χ0v) is 13.3. The van der Waals surface area contributed by atoms with Crippen molar-refractivity contribution < 1.29 is 0 Å². The van der Waals surface area contributed by atoms with Crippen molar-refractivity contribution in [2.45, 2.75) is 0 Å². The van der Waals surface area contributed by atoms with Crippen LogP contribution in [0, 0.1) is 0 Å². The van der Waals surface area contributed by atoms with Crippen LogP contribution in [0.25, 0.3) is 5.70 Å². The summed E-state index contributed by atoms with van der Waals surface area (Å²) >= 11 is 6.17. The molecule has 4 nitrogen and oxygen atoms in total. The Labute approximate surface area is 140 Å². The van der Waals surface area contributed by atoms with E-state index in [1.165, 1.54) is 0 Å². The van der Waals surface area contributed by atoms with Crippen molar-refractivity contribution in [3.05, 3.63) is 77.3 Å². The van der Waals surface area contributed by atoms with Gasteiger partial charge in [0.15, 0.2) is 0 Å². The number of hydrogen-bond donors (Lipinski definition) is 2. The molecule has 0 spiro atoms. The summed E-state index contributed by atoms with van der Waals surface area (Å²) in [4.78, 5) is 4.41. The third-order valence-corrected chi connectivity index (χ3v) is 4.29. The molecule has 4 rings (SSSR count). The Kier molecular flexibility index (Phi) is 3.48. The largest absolute Gasteiger partial charge is 0.357 e. The molecule has 3 N–H and O–H groups in total. The quantitative estimate of drug-likeness (QED) is 0.904. The molecular formula is C18H17ClN4. The van der Waals surface area contributed by atoms with Crippen LogP contribution in [-0.4, -0.2) is 18.0 Å². The zero-order chi connectivity index (χ0) is 15.8. The van der Waals surface area contributed by atoms with Gasteiger partial charge < -0.3 is 16.0 Å². The molecule has 2 heterocycles. The normalized spacial score (nSPS) is 15.6. The second-order valence-corrected chi connectivity index (χ2v) is 5.94. The van der Waals surface area contributed by atoms with Gasteiger partial charge in [-0.2, -0.15) is 0 Å². The summed E-state index contributed by atoms with van der Waals surface area (Å²) in [6.07, 6.45) is 4.17. The maximum absolute atomic E-state index is 6.17. The van der Waals surface area contributed by atoms with Gasteiger partial charge in [-0.3, -0.25) is 4.90 Å². The predicted molar refractivity (Wildman–Crippen MR) is 95.8 cm³/mol. The van der Waals surface area contributed by atoms with Crippen molar-refractivity contribution in [2.75, 3.05) is 23.3 Å². The minimum atomic E-state index is 0.574. The molecule has 2 aromatic rings. The Balaban J connectivity index is 1.82. The van der Waals surface area contributed by atoms with Crippen LogP contribution >= 0.6 is 11.6 Å². The standard InChI is InChI=1S/C18H17ClN4/c19-14-5-3-4-13(10-14)17-12-23-16-7-2-1-6-15(16)21-11-18(23)22(17)9-8-20/h1-7,10-12,21H,8-9,20H2. The van der Waals surface area contributed by atoms with E-state index in [4.69, 9.17) is 17.3 Å². The van der Waals surface area contributed by atoms with Crippen LogP contribution in [0.5, 0.6) is 0 Å². The van der Waals surface area contributed by atoms with Crippen molar-refractivity contribution in [3.8, 4) is 0 Å². The van der Waals surface area contributed by atoms with Crippen molar-refractivity contribution in [2.24, 2.45) is 5.73 Å². The van der Waals surface area contributed by atoms with E-state index in [9.17, 15) is 0 Å². The number of halogens is 1. The highest BCUT2D eigenvalue weighted by Crippen LogP contribution is 2.41. The monoisotopic (exact) mass is 324 g/mol. The first kappa shape index (κ1) is 14.2. The van der Waals surface area contributed by atoms with Crippen molar-refractivity contribution >= 4 is 28.7 Å². The Morgan fingerprint density at radius 1 is 1.09 bits per heavy atom. The lowest BCUT2D eigenvalue weighted by molar-refractivity contribution is 0.506. The molecule has 2 aromatic carbocycles. The van der Waals surface area contributed by atoms with E-state index in [2.05, 4.69) is 39.5 Å². The zero-order valence-electron chi connectivity index (χ0n) is 12.5. The number of nitrogens with two attached hydrogens (primary N) is 1. The Hall–Kier alpha value is -2.43. The highest BCUT2D eigenvalue weighted by Gasteiger charge is 2.31. The SMILES string of the molecule is NCCN1C(c2cccc(Cl)c2)=CN2C1=CNc1ccccc12. The number of hydrogen-bond acceptors (Lipinski definition) is 4. The van der Waals surface area contributed by atoms with Crippen LogP contribution in [0.2, 0.25) is 5.02 Å². The number of fused-ring (bicyclic) bond motifs is 3. The van der Waals surface area contributed by atoms with Crippen LogP contribution in [0.3, 0.4) is 0 Å². The van der Waals surface area contributed by atoms with Gasteiger partial charge in [0.25, 0.3) is 0 Å². The maximum Gasteiger partial charge on any atom is 0.134 e. The van der Waals surface area contributed by atoms with E-state index in [0.717, 1.165) is 40.0 Å². The minimum absolute atomic E-state index is 0.574. The van der Waals surface area contributed by atoms with Crippen LogP contribution in [0.1, 0.15) is 5.56 Å². The summed E-state index contributed by atoms with van der Waals surface area (Å²) in [5, 5.41) is 4.09. The molecule has 0 radical (unpaired) electrons. The maximum atomic E-state index is 6.17. The molecule has 0 amide bonds. The highest BCUT2D eigenvalue weighted by molar-refractivity contribution is 6.30. The molecule has 0 aromatic heterocycles. The molecule has 0 saturated heterocycles. The third-order valence-electron chi connectivity index (χ3n) is 4.06. The molecule has 0 atom stereocenters. The molecule has 2 aliphatic heterocycles. The fraction of sp³-hybridized carbons (Fsp3) is 0.111. The summed E-state index contributed by atoms with van der Waals surface area (Å²) in [5.74, 6) is 1.07.